The molecule has 0 aromatic rings. The van der Waals surface area contributed by atoms with Gasteiger partial charge < -0.3 is 35.3 Å². The Labute approximate surface area is 337 Å². The average Bonchev–Trinajstić information content (AvgIpc) is 3.59. The molecule has 320 valence electrons. The minimum absolute atomic E-state index is 0.0232. The summed E-state index contributed by atoms with van der Waals surface area (Å²) in [6.45, 7) is 21.8. The van der Waals surface area contributed by atoms with E-state index in [4.69, 9.17) is 0 Å². The molecule has 2 aliphatic rings. The van der Waals surface area contributed by atoms with Gasteiger partial charge in [0, 0.05) is 39.3 Å². The minimum Gasteiger partial charge on any atom is -0.390 e. The van der Waals surface area contributed by atoms with Crippen LogP contribution in [0.25, 0.3) is 0 Å². The van der Waals surface area contributed by atoms with Crippen LogP contribution in [0.15, 0.2) is 11.6 Å². The first-order valence-electron chi connectivity index (χ1n) is 21.0. The largest absolute Gasteiger partial charge is 0.390 e. The summed E-state index contributed by atoms with van der Waals surface area (Å²) in [5, 5.41) is 17.7. The standard InChI is InChI=1S/C43H76N6O7/c1-25(2)18-31-23-30(11)41(54)48(14)35(21-28(7)8)42(55)47(13)34(20-27(5)6)40(53)45-32(19-26(3)4)37(50)24-38(51)46(12)36(22-29(9)10)43(56)49-17-15-16-33(49)39(52)44-31/h23,25-29,31-37,50H,15-22,24H2,1-14H3,(H,44,52)(H,45,53)/b30-23+/t31-,32-,33+,34+,35+,36+,37-/m1/s1. The summed E-state index contributed by atoms with van der Waals surface area (Å²) in [4.78, 5) is 91.0. The first kappa shape index (κ1) is 48.7. The molecule has 56 heavy (non-hydrogen) atoms. The van der Waals surface area contributed by atoms with Crippen LogP contribution in [0, 0.1) is 29.6 Å². The van der Waals surface area contributed by atoms with Crippen molar-refractivity contribution in [2.75, 3.05) is 27.7 Å². The smallest absolute Gasteiger partial charge is 0.249 e. The highest BCUT2D eigenvalue weighted by Gasteiger charge is 2.42. The summed E-state index contributed by atoms with van der Waals surface area (Å²) in [7, 11) is 4.75. The van der Waals surface area contributed by atoms with E-state index < -0.39 is 54.2 Å². The summed E-state index contributed by atoms with van der Waals surface area (Å²) in [6, 6.07) is -4.75. The molecule has 0 saturated carbocycles. The highest BCUT2D eigenvalue weighted by atomic mass is 16.3. The third-order valence-corrected chi connectivity index (χ3v) is 11.0. The molecule has 0 aliphatic carbocycles. The molecule has 3 N–H and O–H groups in total. The SMILES string of the molecule is C/C1=C\[C@@H](CC(C)C)NC(=O)[C@@H]2CCCN2C(=O)[C@H](CC(C)C)N(C)C(=O)C[C@@H](O)[C@@H](CC(C)C)NC(=O)[C@H](CC(C)C)N(C)C(=O)[C@H](CC(C)C)N(C)C1=O. The van der Waals surface area contributed by atoms with E-state index in [0.29, 0.717) is 57.1 Å². The Morgan fingerprint density at radius 3 is 1.66 bits per heavy atom. The van der Waals surface area contributed by atoms with Crippen molar-refractivity contribution in [2.45, 2.75) is 170 Å². The number of carbonyl (C=O) groups is 6. The van der Waals surface area contributed by atoms with Crippen LogP contribution in [0.5, 0.6) is 0 Å². The summed E-state index contributed by atoms with van der Waals surface area (Å²) in [5.74, 6) is -1.96. The van der Waals surface area contributed by atoms with E-state index in [0.717, 1.165) is 0 Å². The highest BCUT2D eigenvalue weighted by molar-refractivity contribution is 5.98. The topological polar surface area (TPSA) is 160 Å². The number of hydrogen-bond acceptors (Lipinski definition) is 7. The first-order valence-corrected chi connectivity index (χ1v) is 21.0. The van der Waals surface area contributed by atoms with Gasteiger partial charge in [-0.1, -0.05) is 75.3 Å². The van der Waals surface area contributed by atoms with Crippen molar-refractivity contribution in [3.8, 4) is 0 Å². The van der Waals surface area contributed by atoms with Crippen molar-refractivity contribution in [1.29, 1.82) is 0 Å². The molecule has 0 aromatic heterocycles. The molecule has 0 aromatic carbocycles. The summed E-state index contributed by atoms with van der Waals surface area (Å²) in [5.41, 5.74) is 0.364. The number of aliphatic hydroxyl groups excluding tert-OH is 1. The lowest BCUT2D eigenvalue weighted by Gasteiger charge is -2.37. The van der Waals surface area contributed by atoms with Crippen molar-refractivity contribution in [3.05, 3.63) is 11.6 Å². The molecule has 0 bridgehead atoms. The number of carbonyl (C=O) groups excluding carboxylic acids is 6. The number of hydrogen-bond donors (Lipinski definition) is 3. The van der Waals surface area contributed by atoms with E-state index in [2.05, 4.69) is 10.6 Å². The Hall–Kier alpha value is -3.48. The van der Waals surface area contributed by atoms with E-state index in [-0.39, 0.29) is 59.6 Å². The Balaban J connectivity index is 2.79. The van der Waals surface area contributed by atoms with Crippen LogP contribution in [0.3, 0.4) is 0 Å². The van der Waals surface area contributed by atoms with Gasteiger partial charge in [0.15, 0.2) is 0 Å². The fourth-order valence-electron chi connectivity index (χ4n) is 8.00. The second-order valence-corrected chi connectivity index (χ2v) is 18.6. The van der Waals surface area contributed by atoms with Gasteiger partial charge in [0.05, 0.1) is 18.6 Å². The molecule has 1 saturated heterocycles. The van der Waals surface area contributed by atoms with E-state index in [1.165, 1.54) is 14.7 Å². The number of amides is 6. The Morgan fingerprint density at radius 2 is 1.14 bits per heavy atom. The van der Waals surface area contributed by atoms with Crippen molar-refractivity contribution >= 4 is 35.4 Å². The number of fused-ring (bicyclic) bond motifs is 1. The highest BCUT2D eigenvalue weighted by Crippen LogP contribution is 2.25. The van der Waals surface area contributed by atoms with Gasteiger partial charge in [0.25, 0.3) is 0 Å². The Morgan fingerprint density at radius 1 is 0.643 bits per heavy atom. The third kappa shape index (κ3) is 13.9. The molecule has 13 nitrogen and oxygen atoms in total. The second-order valence-electron chi connectivity index (χ2n) is 18.6. The molecule has 6 amide bonds. The van der Waals surface area contributed by atoms with Crippen LogP contribution in [-0.2, 0) is 28.8 Å². The zero-order valence-electron chi connectivity index (χ0n) is 37.1. The molecule has 13 heteroatoms. The van der Waals surface area contributed by atoms with E-state index in [1.54, 1.807) is 39.0 Å². The van der Waals surface area contributed by atoms with Crippen molar-refractivity contribution < 1.29 is 33.9 Å². The number of nitrogens with zero attached hydrogens (tertiary/aromatic N) is 4. The predicted molar refractivity (Wildman–Crippen MR) is 220 cm³/mol. The van der Waals surface area contributed by atoms with Gasteiger partial charge in [-0.3, -0.25) is 28.8 Å². The lowest BCUT2D eigenvalue weighted by Crippen LogP contribution is -2.58. The molecular formula is C43H76N6O7. The van der Waals surface area contributed by atoms with Gasteiger partial charge in [-0.2, -0.15) is 0 Å². The van der Waals surface area contributed by atoms with Crippen molar-refractivity contribution in [3.63, 3.8) is 0 Å². The molecule has 2 aliphatic heterocycles. The van der Waals surface area contributed by atoms with Crippen LogP contribution >= 0.6 is 0 Å². The zero-order valence-corrected chi connectivity index (χ0v) is 37.1. The number of rotatable bonds is 10. The van der Waals surface area contributed by atoms with Gasteiger partial charge in [-0.15, -0.1) is 0 Å². The maximum absolute atomic E-state index is 14.5. The molecule has 2 rings (SSSR count). The molecule has 2 heterocycles. The van der Waals surface area contributed by atoms with E-state index in [9.17, 15) is 33.9 Å². The lowest BCUT2D eigenvalue weighted by molar-refractivity contribution is -0.149. The Bertz CT molecular complexity index is 1390. The monoisotopic (exact) mass is 789 g/mol. The van der Waals surface area contributed by atoms with Crippen molar-refractivity contribution in [2.24, 2.45) is 29.6 Å². The van der Waals surface area contributed by atoms with Crippen molar-refractivity contribution in [1.82, 2.24) is 30.2 Å². The number of nitrogens with one attached hydrogen (secondary N) is 2. The van der Waals surface area contributed by atoms with Gasteiger partial charge in [0.2, 0.25) is 35.4 Å². The van der Waals surface area contributed by atoms with Crippen LogP contribution in [0.4, 0.5) is 0 Å². The first-order chi connectivity index (χ1) is 26.0. The normalized spacial score (nSPS) is 28.6. The average molecular weight is 789 g/mol. The quantitative estimate of drug-likeness (QED) is 0.297. The van der Waals surface area contributed by atoms with Gasteiger partial charge in [-0.25, -0.2) is 0 Å². The molecule has 1 fully saturated rings. The maximum atomic E-state index is 14.5. The maximum Gasteiger partial charge on any atom is 0.249 e. The summed E-state index contributed by atoms with van der Waals surface area (Å²) in [6.07, 6.45) is 3.16. The third-order valence-electron chi connectivity index (χ3n) is 11.0. The molecule has 0 radical (unpaired) electrons. The number of likely N-dealkylation sites (N-methyl/N-ethyl adjacent to an activating group) is 3. The number of aliphatic hydroxyl groups is 1. The molecule has 0 spiro atoms. The summed E-state index contributed by atoms with van der Waals surface area (Å²) < 4.78 is 0. The fourth-order valence-corrected chi connectivity index (χ4v) is 8.00. The second kappa shape index (κ2) is 21.9. The lowest BCUT2D eigenvalue weighted by atomic mass is 9.94. The van der Waals surface area contributed by atoms with Gasteiger partial charge in [0.1, 0.15) is 24.2 Å². The summed E-state index contributed by atoms with van der Waals surface area (Å²) >= 11 is 0. The fraction of sp³-hybridized carbons (Fsp3) is 0.814. The van der Waals surface area contributed by atoms with E-state index >= 15 is 0 Å². The molecule has 7 atom stereocenters. The molecular weight excluding hydrogens is 713 g/mol. The van der Waals surface area contributed by atoms with Crippen LogP contribution in [-0.4, -0.2) is 130 Å². The van der Waals surface area contributed by atoms with E-state index in [1.807, 2.05) is 69.2 Å². The zero-order chi connectivity index (χ0) is 42.8. The minimum atomic E-state index is -1.28. The van der Waals surface area contributed by atoms with Gasteiger partial charge >= 0.3 is 0 Å². The van der Waals surface area contributed by atoms with Gasteiger partial charge in [-0.05, 0) is 81.5 Å². The van der Waals surface area contributed by atoms with Crippen LogP contribution in [0.1, 0.15) is 128 Å². The van der Waals surface area contributed by atoms with Crippen LogP contribution in [0.2, 0.25) is 0 Å². The Kier molecular flexibility index (Phi) is 19.0. The predicted octanol–water partition coefficient (Wildman–Crippen LogP) is 4.37. The van der Waals surface area contributed by atoms with Crippen LogP contribution < -0.4 is 10.6 Å². The molecule has 0 unspecified atom stereocenters.